The number of nitrogens with one attached hydrogen (secondary N) is 1. The zero-order chi connectivity index (χ0) is 19.9. The van der Waals surface area contributed by atoms with Crippen molar-refractivity contribution in [3.8, 4) is 0 Å². The molecule has 0 saturated carbocycles. The minimum atomic E-state index is -0.218. The Kier molecular flexibility index (Phi) is 7.12. The Balaban J connectivity index is 1.30. The lowest BCUT2D eigenvalue weighted by Crippen LogP contribution is -2.31. The molecule has 3 amide bonds. The maximum Gasteiger partial charge on any atom is 0.261 e. The van der Waals surface area contributed by atoms with Gasteiger partial charge in [0.2, 0.25) is 5.91 Å². The van der Waals surface area contributed by atoms with Gasteiger partial charge in [-0.05, 0) is 35.9 Å². The number of benzene rings is 2. The first-order valence-corrected chi connectivity index (χ1v) is 10.6. The highest BCUT2D eigenvalue weighted by molar-refractivity contribution is 7.99. The number of imide groups is 1. The normalized spacial score (nSPS) is 13.0. The van der Waals surface area contributed by atoms with Crippen LogP contribution in [0.15, 0.2) is 48.5 Å². The molecular formula is C21H21ClN2O3S. The molecule has 0 aromatic heterocycles. The lowest BCUT2D eigenvalue weighted by molar-refractivity contribution is -0.120. The van der Waals surface area contributed by atoms with Crippen LogP contribution in [0.2, 0.25) is 5.02 Å². The van der Waals surface area contributed by atoms with E-state index in [1.807, 2.05) is 18.2 Å². The molecule has 1 aliphatic heterocycles. The van der Waals surface area contributed by atoms with Crippen LogP contribution in [-0.4, -0.2) is 40.7 Å². The molecule has 0 unspecified atom stereocenters. The van der Waals surface area contributed by atoms with E-state index < -0.39 is 0 Å². The third-order valence-electron chi connectivity index (χ3n) is 4.46. The van der Waals surface area contributed by atoms with Crippen LogP contribution >= 0.6 is 23.4 Å². The first-order chi connectivity index (χ1) is 13.6. The molecule has 1 heterocycles. The number of amides is 3. The minimum Gasteiger partial charge on any atom is -0.352 e. The van der Waals surface area contributed by atoms with Crippen LogP contribution in [-0.2, 0) is 11.3 Å². The van der Waals surface area contributed by atoms with Gasteiger partial charge in [-0.15, -0.1) is 0 Å². The summed E-state index contributed by atoms with van der Waals surface area (Å²) in [5.41, 5.74) is 1.86. The lowest BCUT2D eigenvalue weighted by Gasteiger charge is -2.13. The van der Waals surface area contributed by atoms with Crippen LogP contribution in [0.4, 0.5) is 0 Å². The predicted molar refractivity (Wildman–Crippen MR) is 112 cm³/mol. The smallest absolute Gasteiger partial charge is 0.261 e. The van der Waals surface area contributed by atoms with Crippen molar-refractivity contribution < 1.29 is 14.4 Å². The van der Waals surface area contributed by atoms with Crippen LogP contribution in [0.25, 0.3) is 0 Å². The fourth-order valence-electron chi connectivity index (χ4n) is 2.96. The first kappa shape index (κ1) is 20.4. The van der Waals surface area contributed by atoms with Crippen LogP contribution in [0.5, 0.6) is 0 Å². The summed E-state index contributed by atoms with van der Waals surface area (Å²) in [4.78, 5) is 37.8. The summed E-state index contributed by atoms with van der Waals surface area (Å²) in [5.74, 6) is 1.02. The zero-order valence-electron chi connectivity index (χ0n) is 15.3. The van der Waals surface area contributed by atoms with Crippen LogP contribution in [0, 0.1) is 0 Å². The molecule has 0 radical (unpaired) electrons. The van der Waals surface area contributed by atoms with Gasteiger partial charge in [0.1, 0.15) is 0 Å². The molecule has 3 rings (SSSR count). The fraction of sp³-hybridized carbons (Fsp3) is 0.286. The van der Waals surface area contributed by atoms with Gasteiger partial charge in [-0.3, -0.25) is 19.3 Å². The van der Waals surface area contributed by atoms with Crippen LogP contribution in [0.3, 0.4) is 0 Å². The van der Waals surface area contributed by atoms with E-state index in [1.165, 1.54) is 4.90 Å². The van der Waals surface area contributed by atoms with E-state index in [4.69, 9.17) is 11.6 Å². The summed E-state index contributed by atoms with van der Waals surface area (Å²) in [6, 6.07) is 14.3. The molecule has 0 aliphatic carbocycles. The van der Waals surface area contributed by atoms with Gasteiger partial charge in [0.25, 0.3) is 11.8 Å². The van der Waals surface area contributed by atoms with Crippen molar-refractivity contribution in [2.24, 2.45) is 0 Å². The molecule has 28 heavy (non-hydrogen) atoms. The van der Waals surface area contributed by atoms with E-state index in [9.17, 15) is 14.4 Å². The molecule has 2 aromatic carbocycles. The zero-order valence-corrected chi connectivity index (χ0v) is 16.9. The predicted octanol–water partition coefficient (Wildman–Crippen LogP) is 3.77. The second-order valence-corrected chi connectivity index (χ2v) is 8.02. The van der Waals surface area contributed by atoms with Gasteiger partial charge in [0.05, 0.1) is 11.1 Å². The number of hydrogen-bond acceptors (Lipinski definition) is 4. The van der Waals surface area contributed by atoms with E-state index in [2.05, 4.69) is 5.32 Å². The van der Waals surface area contributed by atoms with Gasteiger partial charge >= 0.3 is 0 Å². The Morgan fingerprint density at radius 3 is 2.29 bits per heavy atom. The SMILES string of the molecule is O=C(CCSCCCN1C(=O)c2ccccc2C1=O)NCc1ccccc1Cl. The van der Waals surface area contributed by atoms with Crippen molar-refractivity contribution >= 4 is 41.1 Å². The Morgan fingerprint density at radius 2 is 1.61 bits per heavy atom. The van der Waals surface area contributed by atoms with E-state index >= 15 is 0 Å². The molecule has 1 N–H and O–H groups in total. The van der Waals surface area contributed by atoms with Gasteiger partial charge in [0.15, 0.2) is 0 Å². The average Bonchev–Trinajstić information content (AvgIpc) is 2.95. The number of hydrogen-bond donors (Lipinski definition) is 1. The maximum atomic E-state index is 12.3. The Labute approximate surface area is 173 Å². The van der Waals surface area contributed by atoms with Crippen molar-refractivity contribution in [3.63, 3.8) is 0 Å². The number of carbonyl (C=O) groups is 3. The molecule has 2 aromatic rings. The quantitative estimate of drug-likeness (QED) is 0.499. The highest BCUT2D eigenvalue weighted by Gasteiger charge is 2.34. The first-order valence-electron chi connectivity index (χ1n) is 9.11. The summed E-state index contributed by atoms with van der Waals surface area (Å²) >= 11 is 7.71. The monoisotopic (exact) mass is 416 g/mol. The van der Waals surface area contributed by atoms with E-state index in [1.54, 1.807) is 42.1 Å². The van der Waals surface area contributed by atoms with E-state index in [-0.39, 0.29) is 17.7 Å². The van der Waals surface area contributed by atoms with Crippen LogP contribution in [0.1, 0.15) is 39.1 Å². The van der Waals surface area contributed by atoms with Gasteiger partial charge in [0, 0.05) is 30.3 Å². The molecule has 5 nitrogen and oxygen atoms in total. The van der Waals surface area contributed by atoms with Gasteiger partial charge in [-0.1, -0.05) is 41.9 Å². The lowest BCUT2D eigenvalue weighted by atomic mass is 10.1. The number of thioether (sulfide) groups is 1. The number of halogens is 1. The van der Waals surface area contributed by atoms with E-state index in [0.29, 0.717) is 47.8 Å². The number of carbonyl (C=O) groups excluding carboxylic acids is 3. The average molecular weight is 417 g/mol. The topological polar surface area (TPSA) is 66.5 Å². The second kappa shape index (κ2) is 9.75. The molecule has 0 fully saturated rings. The molecular weight excluding hydrogens is 396 g/mol. The minimum absolute atomic E-state index is 0.0206. The molecule has 0 spiro atoms. The molecule has 146 valence electrons. The fourth-order valence-corrected chi connectivity index (χ4v) is 4.03. The van der Waals surface area contributed by atoms with Crippen molar-refractivity contribution in [2.45, 2.75) is 19.4 Å². The summed E-state index contributed by atoms with van der Waals surface area (Å²) in [5, 5.41) is 3.51. The third-order valence-corrected chi connectivity index (χ3v) is 5.89. The van der Waals surface area contributed by atoms with Crippen molar-refractivity contribution in [1.29, 1.82) is 0 Å². The molecule has 0 saturated heterocycles. The Morgan fingerprint density at radius 1 is 0.964 bits per heavy atom. The van der Waals surface area contributed by atoms with Gasteiger partial charge < -0.3 is 5.32 Å². The van der Waals surface area contributed by atoms with Crippen LogP contribution < -0.4 is 5.32 Å². The van der Waals surface area contributed by atoms with Crippen molar-refractivity contribution in [1.82, 2.24) is 10.2 Å². The molecule has 0 atom stereocenters. The highest BCUT2D eigenvalue weighted by atomic mass is 35.5. The summed E-state index contributed by atoms with van der Waals surface area (Å²) in [6.07, 6.45) is 1.12. The maximum absolute atomic E-state index is 12.3. The summed E-state index contributed by atoms with van der Waals surface area (Å²) in [7, 11) is 0. The number of rotatable bonds is 9. The Hall–Kier alpha value is -2.31. The summed E-state index contributed by atoms with van der Waals surface area (Å²) < 4.78 is 0. The Bertz CT molecular complexity index is 852. The molecule has 1 aliphatic rings. The van der Waals surface area contributed by atoms with E-state index in [0.717, 1.165) is 11.3 Å². The largest absolute Gasteiger partial charge is 0.352 e. The number of nitrogens with zero attached hydrogens (tertiary/aromatic N) is 1. The second-order valence-electron chi connectivity index (χ2n) is 6.39. The third kappa shape index (κ3) is 4.94. The van der Waals surface area contributed by atoms with Crippen molar-refractivity contribution in [2.75, 3.05) is 18.1 Å². The summed E-state index contributed by atoms with van der Waals surface area (Å²) in [6.45, 7) is 0.820. The number of fused-ring (bicyclic) bond motifs is 1. The molecule has 7 heteroatoms. The van der Waals surface area contributed by atoms with Gasteiger partial charge in [-0.25, -0.2) is 0 Å². The van der Waals surface area contributed by atoms with Crippen molar-refractivity contribution in [3.05, 3.63) is 70.2 Å². The highest BCUT2D eigenvalue weighted by Crippen LogP contribution is 2.22. The van der Waals surface area contributed by atoms with Gasteiger partial charge in [-0.2, -0.15) is 11.8 Å². The standard InChI is InChI=1S/C21H21ClN2O3S/c22-18-9-4-1-6-15(18)14-23-19(25)10-13-28-12-5-11-24-20(26)16-7-2-3-8-17(16)21(24)27/h1-4,6-9H,5,10-14H2,(H,23,25). The molecule has 0 bridgehead atoms.